The molecule has 5 heteroatoms. The van der Waals surface area contributed by atoms with Crippen molar-refractivity contribution < 1.29 is 14.7 Å². The lowest BCUT2D eigenvalue weighted by Gasteiger charge is -2.17. The van der Waals surface area contributed by atoms with Crippen molar-refractivity contribution in [1.82, 2.24) is 5.32 Å². The van der Waals surface area contributed by atoms with Crippen LogP contribution in [0.3, 0.4) is 0 Å². The standard InChI is InChI=1S/C14H26N2O3/c1-9(4-3-5-10(2)15)13(17)16-12-7-6-11(8-12)14(18)19/h9-12H,3-8,15H2,1-2H3,(H,16,17)(H,18,19)/t9?,10?,11-,12+/m1/s1. The van der Waals surface area contributed by atoms with Gasteiger partial charge in [0.25, 0.3) is 0 Å². The highest BCUT2D eigenvalue weighted by Gasteiger charge is 2.31. The van der Waals surface area contributed by atoms with Crippen molar-refractivity contribution in [3.05, 3.63) is 0 Å². The van der Waals surface area contributed by atoms with Crippen molar-refractivity contribution in [2.75, 3.05) is 0 Å². The Labute approximate surface area is 114 Å². The van der Waals surface area contributed by atoms with E-state index in [1.54, 1.807) is 0 Å². The molecule has 0 aliphatic heterocycles. The predicted octanol–water partition coefficient (Wildman–Crippen LogP) is 1.51. The van der Waals surface area contributed by atoms with Gasteiger partial charge in [-0.15, -0.1) is 0 Å². The van der Waals surface area contributed by atoms with Gasteiger partial charge >= 0.3 is 5.97 Å². The summed E-state index contributed by atoms with van der Waals surface area (Å²) in [6.07, 6.45) is 4.72. The average molecular weight is 270 g/mol. The molecule has 19 heavy (non-hydrogen) atoms. The molecule has 0 aromatic heterocycles. The number of nitrogens with one attached hydrogen (secondary N) is 1. The maximum Gasteiger partial charge on any atom is 0.306 e. The third-order valence-electron chi connectivity index (χ3n) is 3.87. The van der Waals surface area contributed by atoms with E-state index in [1.807, 2.05) is 13.8 Å². The lowest BCUT2D eigenvalue weighted by Crippen LogP contribution is -2.37. The molecule has 1 aliphatic rings. The summed E-state index contributed by atoms with van der Waals surface area (Å²) < 4.78 is 0. The van der Waals surface area contributed by atoms with E-state index in [9.17, 15) is 9.59 Å². The topological polar surface area (TPSA) is 92.4 Å². The Morgan fingerprint density at radius 2 is 2.00 bits per heavy atom. The molecule has 5 nitrogen and oxygen atoms in total. The number of rotatable bonds is 7. The lowest BCUT2D eigenvalue weighted by atomic mass is 10.0. The molecule has 1 fully saturated rings. The van der Waals surface area contributed by atoms with Crippen LogP contribution in [0, 0.1) is 11.8 Å². The zero-order valence-electron chi connectivity index (χ0n) is 11.9. The highest BCUT2D eigenvalue weighted by molar-refractivity contribution is 5.78. The first-order chi connectivity index (χ1) is 8.90. The highest BCUT2D eigenvalue weighted by atomic mass is 16.4. The Morgan fingerprint density at radius 1 is 1.32 bits per heavy atom. The first-order valence-electron chi connectivity index (χ1n) is 7.19. The molecule has 4 N–H and O–H groups in total. The van der Waals surface area contributed by atoms with E-state index in [2.05, 4.69) is 5.32 Å². The Hall–Kier alpha value is -1.10. The van der Waals surface area contributed by atoms with Gasteiger partial charge in [0.2, 0.25) is 5.91 Å². The van der Waals surface area contributed by atoms with E-state index in [0.717, 1.165) is 25.7 Å². The molecule has 1 aliphatic carbocycles. The molecular weight excluding hydrogens is 244 g/mol. The summed E-state index contributed by atoms with van der Waals surface area (Å²) in [5, 5.41) is 11.9. The van der Waals surface area contributed by atoms with Gasteiger partial charge in [-0.25, -0.2) is 0 Å². The smallest absolute Gasteiger partial charge is 0.306 e. The van der Waals surface area contributed by atoms with E-state index < -0.39 is 5.97 Å². The minimum atomic E-state index is -0.748. The van der Waals surface area contributed by atoms with Gasteiger partial charge in [0.1, 0.15) is 0 Å². The minimum absolute atomic E-state index is 0.0253. The summed E-state index contributed by atoms with van der Waals surface area (Å²) in [6.45, 7) is 3.88. The molecule has 110 valence electrons. The van der Waals surface area contributed by atoms with E-state index in [1.165, 1.54) is 0 Å². The summed E-state index contributed by atoms with van der Waals surface area (Å²) in [6, 6.07) is 0.214. The third kappa shape index (κ3) is 5.59. The second-order valence-corrected chi connectivity index (χ2v) is 5.86. The maximum absolute atomic E-state index is 12.0. The van der Waals surface area contributed by atoms with Crippen LogP contribution in [0.25, 0.3) is 0 Å². The summed E-state index contributed by atoms with van der Waals surface area (Å²) in [4.78, 5) is 22.8. The second kappa shape index (κ2) is 7.48. The summed E-state index contributed by atoms with van der Waals surface area (Å²) >= 11 is 0. The van der Waals surface area contributed by atoms with Crippen LogP contribution in [0.5, 0.6) is 0 Å². The van der Waals surface area contributed by atoms with E-state index in [0.29, 0.717) is 12.8 Å². The van der Waals surface area contributed by atoms with Crippen LogP contribution in [0.1, 0.15) is 52.4 Å². The average Bonchev–Trinajstić information content (AvgIpc) is 2.76. The Morgan fingerprint density at radius 3 is 2.53 bits per heavy atom. The normalized spacial score (nSPS) is 25.8. The SMILES string of the molecule is CC(N)CCCC(C)C(=O)N[C@H]1CC[C@@H](C(=O)O)C1. The van der Waals surface area contributed by atoms with Crippen LogP contribution < -0.4 is 11.1 Å². The number of hydrogen-bond donors (Lipinski definition) is 3. The molecule has 0 heterocycles. The second-order valence-electron chi connectivity index (χ2n) is 5.86. The molecule has 1 amide bonds. The first kappa shape index (κ1) is 16.0. The maximum atomic E-state index is 12.0. The Bertz CT molecular complexity index is 318. The number of carbonyl (C=O) groups is 2. The van der Waals surface area contributed by atoms with Crippen molar-refractivity contribution in [3.63, 3.8) is 0 Å². The first-order valence-corrected chi connectivity index (χ1v) is 7.19. The predicted molar refractivity (Wildman–Crippen MR) is 73.6 cm³/mol. The number of nitrogens with two attached hydrogens (primary N) is 1. The monoisotopic (exact) mass is 270 g/mol. The quantitative estimate of drug-likeness (QED) is 0.654. The van der Waals surface area contributed by atoms with Crippen molar-refractivity contribution in [1.29, 1.82) is 0 Å². The molecular formula is C14H26N2O3. The largest absolute Gasteiger partial charge is 0.481 e. The zero-order chi connectivity index (χ0) is 14.4. The molecule has 0 spiro atoms. The molecule has 2 unspecified atom stereocenters. The number of carboxylic acids is 1. The summed E-state index contributed by atoms with van der Waals surface area (Å²) in [5.41, 5.74) is 5.67. The van der Waals surface area contributed by atoms with Gasteiger partial charge in [-0.3, -0.25) is 9.59 Å². The van der Waals surface area contributed by atoms with Gasteiger partial charge < -0.3 is 16.2 Å². The van der Waals surface area contributed by atoms with E-state index in [4.69, 9.17) is 10.8 Å². The molecule has 0 saturated heterocycles. The molecule has 4 atom stereocenters. The Kier molecular flexibility index (Phi) is 6.28. The number of carboxylic acid groups (broad SMARTS) is 1. The Balaban J connectivity index is 2.25. The fourth-order valence-corrected chi connectivity index (χ4v) is 2.56. The van der Waals surface area contributed by atoms with Gasteiger partial charge in [0, 0.05) is 18.0 Å². The van der Waals surface area contributed by atoms with Crippen molar-refractivity contribution in [2.45, 2.75) is 64.5 Å². The van der Waals surface area contributed by atoms with Gasteiger partial charge in [0.15, 0.2) is 0 Å². The summed E-state index contributed by atoms with van der Waals surface area (Å²) in [7, 11) is 0. The van der Waals surface area contributed by atoms with Crippen LogP contribution in [0.15, 0.2) is 0 Å². The van der Waals surface area contributed by atoms with Gasteiger partial charge in [0.05, 0.1) is 5.92 Å². The van der Waals surface area contributed by atoms with Crippen molar-refractivity contribution >= 4 is 11.9 Å². The van der Waals surface area contributed by atoms with Crippen LogP contribution in [0.4, 0.5) is 0 Å². The van der Waals surface area contributed by atoms with Crippen LogP contribution in [-0.2, 0) is 9.59 Å². The molecule has 0 aromatic rings. The van der Waals surface area contributed by atoms with Gasteiger partial charge in [-0.2, -0.15) is 0 Å². The van der Waals surface area contributed by atoms with Crippen molar-refractivity contribution in [3.8, 4) is 0 Å². The molecule has 0 aromatic carbocycles. The number of hydrogen-bond acceptors (Lipinski definition) is 3. The third-order valence-corrected chi connectivity index (χ3v) is 3.87. The number of aliphatic carboxylic acids is 1. The fraction of sp³-hybridized carbons (Fsp3) is 0.857. The fourth-order valence-electron chi connectivity index (χ4n) is 2.56. The highest BCUT2D eigenvalue weighted by Crippen LogP contribution is 2.26. The lowest BCUT2D eigenvalue weighted by molar-refractivity contribution is -0.141. The summed E-state index contributed by atoms with van der Waals surface area (Å²) in [5.74, 6) is -1.02. The van der Waals surface area contributed by atoms with Crippen LogP contribution in [0.2, 0.25) is 0 Å². The van der Waals surface area contributed by atoms with E-state index >= 15 is 0 Å². The van der Waals surface area contributed by atoms with Crippen molar-refractivity contribution in [2.24, 2.45) is 17.6 Å². The molecule has 1 saturated carbocycles. The zero-order valence-corrected chi connectivity index (χ0v) is 11.9. The van der Waals surface area contributed by atoms with Gasteiger partial charge in [-0.05, 0) is 39.0 Å². The van der Waals surface area contributed by atoms with Gasteiger partial charge in [-0.1, -0.05) is 13.3 Å². The molecule has 0 bridgehead atoms. The van der Waals surface area contributed by atoms with Crippen LogP contribution in [-0.4, -0.2) is 29.1 Å². The van der Waals surface area contributed by atoms with Crippen LogP contribution >= 0.6 is 0 Å². The van der Waals surface area contributed by atoms with E-state index in [-0.39, 0.29) is 29.8 Å². The number of amides is 1. The molecule has 1 rings (SSSR count). The number of carbonyl (C=O) groups excluding carboxylic acids is 1. The minimum Gasteiger partial charge on any atom is -0.481 e. The molecule has 0 radical (unpaired) electrons.